The van der Waals surface area contributed by atoms with Crippen molar-refractivity contribution in [3.8, 4) is 0 Å². The van der Waals surface area contributed by atoms with Gasteiger partial charge in [0, 0.05) is 43.1 Å². The zero-order chi connectivity index (χ0) is 19.0. The number of hydrogen-bond acceptors (Lipinski definition) is 5. The monoisotopic (exact) mass is 457 g/mol. The average Bonchev–Trinajstić information content (AvgIpc) is 2.69. The molecule has 4 rings (SSSR count). The zero-order valence-corrected chi connectivity index (χ0v) is 17.8. The minimum atomic E-state index is -3.65. The summed E-state index contributed by atoms with van der Waals surface area (Å²) in [6, 6.07) is 12.3. The number of aromatic nitrogens is 1. The van der Waals surface area contributed by atoms with Crippen molar-refractivity contribution in [3.05, 3.63) is 64.9 Å². The fourth-order valence-electron chi connectivity index (χ4n) is 3.31. The summed E-state index contributed by atoms with van der Waals surface area (Å²) in [6.07, 6.45) is 3.52. The molecule has 2 aromatic carbocycles. The van der Waals surface area contributed by atoms with Crippen molar-refractivity contribution < 1.29 is 8.42 Å². The predicted octanol–water partition coefficient (Wildman–Crippen LogP) is 4.17. The number of halogens is 3. The summed E-state index contributed by atoms with van der Waals surface area (Å²) in [6.45, 7) is 1.61. The Bertz CT molecular complexity index is 1110. The minimum Gasteiger partial charge on any atom is -0.352 e. The Morgan fingerprint density at radius 2 is 1.86 bits per heavy atom. The molecule has 1 aromatic heterocycles. The van der Waals surface area contributed by atoms with E-state index in [4.69, 9.17) is 23.2 Å². The molecule has 3 aromatic rings. The molecule has 0 aliphatic carbocycles. The van der Waals surface area contributed by atoms with E-state index in [0.29, 0.717) is 24.7 Å². The second-order valence-corrected chi connectivity index (χ2v) is 9.30. The molecule has 1 aliphatic heterocycles. The van der Waals surface area contributed by atoms with Crippen molar-refractivity contribution >= 4 is 61.9 Å². The summed E-state index contributed by atoms with van der Waals surface area (Å²) >= 11 is 12.0. The van der Waals surface area contributed by atoms with Gasteiger partial charge in [-0.15, -0.1) is 12.4 Å². The van der Waals surface area contributed by atoms with Gasteiger partial charge in [-0.05, 0) is 41.8 Å². The van der Waals surface area contributed by atoms with Crippen molar-refractivity contribution in [1.82, 2.24) is 10.3 Å². The van der Waals surface area contributed by atoms with Crippen LogP contribution in [-0.4, -0.2) is 38.4 Å². The molecule has 1 aliphatic rings. The van der Waals surface area contributed by atoms with E-state index in [2.05, 4.69) is 10.3 Å². The molecule has 2 heterocycles. The lowest BCUT2D eigenvalue weighted by atomic mass is 10.1. The van der Waals surface area contributed by atoms with Gasteiger partial charge < -0.3 is 10.2 Å². The minimum absolute atomic E-state index is 0. The van der Waals surface area contributed by atoms with Gasteiger partial charge in [0.25, 0.3) is 0 Å². The van der Waals surface area contributed by atoms with Crippen LogP contribution in [0.15, 0.2) is 59.8 Å². The number of anilines is 1. The zero-order valence-electron chi connectivity index (χ0n) is 14.7. The van der Waals surface area contributed by atoms with E-state index < -0.39 is 15.2 Å². The van der Waals surface area contributed by atoms with E-state index in [1.54, 1.807) is 12.4 Å². The van der Waals surface area contributed by atoms with Gasteiger partial charge in [0.05, 0.1) is 14.9 Å². The largest absolute Gasteiger partial charge is 0.352 e. The van der Waals surface area contributed by atoms with E-state index in [-0.39, 0.29) is 22.3 Å². The summed E-state index contributed by atoms with van der Waals surface area (Å²) in [5.41, 5.74) is 0.852. The first kappa shape index (κ1) is 21.1. The number of pyridine rings is 1. The third kappa shape index (κ3) is 3.93. The summed E-state index contributed by atoms with van der Waals surface area (Å²) in [4.78, 5) is 6.24. The van der Waals surface area contributed by atoms with E-state index >= 15 is 0 Å². The molecule has 148 valence electrons. The molecule has 0 saturated carbocycles. The quantitative estimate of drug-likeness (QED) is 0.638. The van der Waals surface area contributed by atoms with E-state index in [9.17, 15) is 8.42 Å². The third-order valence-corrected chi connectivity index (χ3v) is 7.52. The first-order chi connectivity index (χ1) is 13.0. The molecule has 1 N–H and O–H groups in total. The van der Waals surface area contributed by atoms with Crippen LogP contribution in [0.4, 0.5) is 5.69 Å². The standard InChI is InChI=1S/C19H17Cl2N3O2S.ClH/c20-17-4-3-16(10-18(17)21)27(25,26)19-12-23-7-8-24(19)15-2-1-13-5-6-22-11-14(13)9-15;/h1-6,9-11,19,23H,7-8,12H2;1H. The highest BCUT2D eigenvalue weighted by molar-refractivity contribution is 7.92. The molecule has 5 nitrogen and oxygen atoms in total. The first-order valence-electron chi connectivity index (χ1n) is 8.47. The number of nitrogens with zero attached hydrogens (tertiary/aromatic N) is 2. The molecule has 1 saturated heterocycles. The second-order valence-electron chi connectivity index (χ2n) is 6.38. The maximum atomic E-state index is 13.3. The number of hydrogen-bond donors (Lipinski definition) is 1. The average molecular weight is 459 g/mol. The topological polar surface area (TPSA) is 62.3 Å². The SMILES string of the molecule is Cl.O=S(=O)(c1ccc(Cl)c(Cl)c1)C1CNCCN1c1ccc2ccncc2c1. The van der Waals surface area contributed by atoms with Crippen LogP contribution in [0.2, 0.25) is 10.0 Å². The lowest BCUT2D eigenvalue weighted by molar-refractivity contribution is 0.518. The van der Waals surface area contributed by atoms with Gasteiger partial charge in [0.1, 0.15) is 5.37 Å². The van der Waals surface area contributed by atoms with Gasteiger partial charge in [-0.3, -0.25) is 4.98 Å². The van der Waals surface area contributed by atoms with Crippen molar-refractivity contribution in [3.63, 3.8) is 0 Å². The smallest absolute Gasteiger partial charge is 0.200 e. The molecule has 28 heavy (non-hydrogen) atoms. The van der Waals surface area contributed by atoms with E-state index in [1.165, 1.54) is 18.2 Å². The van der Waals surface area contributed by atoms with Gasteiger partial charge in [-0.25, -0.2) is 8.42 Å². The molecule has 0 spiro atoms. The van der Waals surface area contributed by atoms with Crippen LogP contribution in [0.3, 0.4) is 0 Å². The van der Waals surface area contributed by atoms with Gasteiger partial charge in [0.2, 0.25) is 9.84 Å². The Balaban J connectivity index is 0.00000225. The van der Waals surface area contributed by atoms with Crippen LogP contribution < -0.4 is 10.2 Å². The maximum Gasteiger partial charge on any atom is 0.200 e. The summed E-state index contributed by atoms with van der Waals surface area (Å²) in [5.74, 6) is 0. The van der Waals surface area contributed by atoms with Crippen LogP contribution in [0, 0.1) is 0 Å². The molecule has 0 radical (unpaired) electrons. The van der Waals surface area contributed by atoms with Crippen molar-refractivity contribution in [1.29, 1.82) is 0 Å². The summed E-state index contributed by atoms with van der Waals surface area (Å²) < 4.78 is 26.6. The van der Waals surface area contributed by atoms with Crippen molar-refractivity contribution in [2.45, 2.75) is 10.3 Å². The van der Waals surface area contributed by atoms with Crippen LogP contribution in [0.25, 0.3) is 10.8 Å². The highest BCUT2D eigenvalue weighted by Crippen LogP contribution is 2.31. The molecule has 9 heteroatoms. The third-order valence-electron chi connectivity index (χ3n) is 4.73. The van der Waals surface area contributed by atoms with Crippen LogP contribution in [0.5, 0.6) is 0 Å². The number of rotatable bonds is 3. The second kappa shape index (κ2) is 8.43. The number of sulfone groups is 1. The molecule has 0 bridgehead atoms. The van der Waals surface area contributed by atoms with Crippen molar-refractivity contribution in [2.75, 3.05) is 24.5 Å². The number of benzene rings is 2. The fourth-order valence-corrected chi connectivity index (χ4v) is 5.43. The molecule has 1 unspecified atom stereocenters. The van der Waals surface area contributed by atoms with Gasteiger partial charge in [-0.1, -0.05) is 29.3 Å². The van der Waals surface area contributed by atoms with E-state index in [0.717, 1.165) is 16.5 Å². The Morgan fingerprint density at radius 1 is 1.04 bits per heavy atom. The fraction of sp³-hybridized carbons (Fsp3) is 0.211. The summed E-state index contributed by atoms with van der Waals surface area (Å²) in [7, 11) is -3.65. The Labute approximate surface area is 180 Å². The van der Waals surface area contributed by atoms with Crippen LogP contribution in [-0.2, 0) is 9.84 Å². The highest BCUT2D eigenvalue weighted by atomic mass is 35.5. The van der Waals surface area contributed by atoms with Crippen LogP contribution >= 0.6 is 35.6 Å². The lowest BCUT2D eigenvalue weighted by Gasteiger charge is -2.37. The molecule has 1 atom stereocenters. The van der Waals surface area contributed by atoms with Gasteiger partial charge in [0.15, 0.2) is 0 Å². The normalized spacial score (nSPS) is 17.4. The number of fused-ring (bicyclic) bond motifs is 1. The lowest BCUT2D eigenvalue weighted by Crippen LogP contribution is -2.55. The van der Waals surface area contributed by atoms with Crippen LogP contribution in [0.1, 0.15) is 0 Å². The van der Waals surface area contributed by atoms with Gasteiger partial charge >= 0.3 is 0 Å². The van der Waals surface area contributed by atoms with Gasteiger partial charge in [-0.2, -0.15) is 0 Å². The first-order valence-corrected chi connectivity index (χ1v) is 10.8. The maximum absolute atomic E-state index is 13.3. The van der Waals surface area contributed by atoms with E-state index in [1.807, 2.05) is 29.2 Å². The molecular formula is C19H18Cl3N3O2S. The molecule has 1 fully saturated rings. The predicted molar refractivity (Wildman–Crippen MR) is 117 cm³/mol. The number of nitrogens with one attached hydrogen (secondary N) is 1. The number of piperazine rings is 1. The molecule has 0 amide bonds. The molecular weight excluding hydrogens is 441 g/mol. The Morgan fingerprint density at radius 3 is 2.64 bits per heavy atom. The Kier molecular flexibility index (Phi) is 6.37. The highest BCUT2D eigenvalue weighted by Gasteiger charge is 2.35. The van der Waals surface area contributed by atoms with Crippen molar-refractivity contribution in [2.24, 2.45) is 0 Å². The Hall–Kier alpha value is -1.57. The summed E-state index contributed by atoms with van der Waals surface area (Å²) in [5, 5.41) is 5.03.